The molecule has 0 aromatic heterocycles. The quantitative estimate of drug-likeness (QED) is 0.769. The van der Waals surface area contributed by atoms with Crippen molar-refractivity contribution >= 4 is 5.97 Å². The van der Waals surface area contributed by atoms with Crippen LogP contribution in [0.3, 0.4) is 0 Å². The van der Waals surface area contributed by atoms with Crippen LogP contribution in [0, 0.1) is 11.3 Å². The van der Waals surface area contributed by atoms with Crippen LogP contribution in [0.4, 0.5) is 0 Å². The average Bonchev–Trinajstić information content (AvgIpc) is 2.37. The summed E-state index contributed by atoms with van der Waals surface area (Å²) in [4.78, 5) is 11.8. The Balaban J connectivity index is 2.68. The molecular formula is C15H22O4. The van der Waals surface area contributed by atoms with E-state index in [0.29, 0.717) is 12.4 Å². The number of esters is 1. The van der Waals surface area contributed by atoms with Crippen LogP contribution in [0.1, 0.15) is 20.8 Å². The first-order chi connectivity index (χ1) is 8.88. The van der Waals surface area contributed by atoms with Gasteiger partial charge in [-0.05, 0) is 29.7 Å². The third-order valence-corrected chi connectivity index (χ3v) is 3.01. The van der Waals surface area contributed by atoms with E-state index < -0.39 is 0 Å². The first-order valence-corrected chi connectivity index (χ1v) is 6.23. The van der Waals surface area contributed by atoms with E-state index in [1.54, 1.807) is 7.11 Å². The third kappa shape index (κ3) is 4.47. The Kier molecular flexibility index (Phi) is 5.21. The van der Waals surface area contributed by atoms with Gasteiger partial charge in [0.15, 0.2) is 0 Å². The molecule has 0 spiro atoms. The van der Waals surface area contributed by atoms with E-state index in [9.17, 15) is 4.79 Å². The van der Waals surface area contributed by atoms with E-state index in [-0.39, 0.29) is 17.3 Å². The summed E-state index contributed by atoms with van der Waals surface area (Å²) in [5.74, 6) is 0.923. The fourth-order valence-electron chi connectivity index (χ4n) is 1.67. The van der Waals surface area contributed by atoms with Gasteiger partial charge in [0.25, 0.3) is 0 Å². The maximum atomic E-state index is 11.8. The SMILES string of the molecule is COC(=O)C(COc1ccc(OC)cc1)C(C)(C)C. The van der Waals surface area contributed by atoms with Crippen LogP contribution >= 0.6 is 0 Å². The molecule has 0 fully saturated rings. The third-order valence-electron chi connectivity index (χ3n) is 3.01. The zero-order valence-corrected chi connectivity index (χ0v) is 12.2. The van der Waals surface area contributed by atoms with Crippen molar-refractivity contribution < 1.29 is 19.0 Å². The number of hydrogen-bond acceptors (Lipinski definition) is 4. The molecule has 1 rings (SSSR count). The predicted octanol–water partition coefficient (Wildman–Crippen LogP) is 2.91. The second-order valence-electron chi connectivity index (χ2n) is 5.43. The van der Waals surface area contributed by atoms with Crippen molar-refractivity contribution in [3.8, 4) is 11.5 Å². The number of hydrogen-bond donors (Lipinski definition) is 0. The Morgan fingerprint density at radius 3 is 2.05 bits per heavy atom. The highest BCUT2D eigenvalue weighted by molar-refractivity contribution is 5.73. The number of methoxy groups -OCH3 is 2. The van der Waals surface area contributed by atoms with Crippen LogP contribution in [0.5, 0.6) is 11.5 Å². The number of carbonyl (C=O) groups is 1. The van der Waals surface area contributed by atoms with Crippen LogP contribution in [-0.4, -0.2) is 26.8 Å². The standard InChI is InChI=1S/C15H22O4/c1-15(2,3)13(14(16)18-5)10-19-12-8-6-11(17-4)7-9-12/h6-9,13H,10H2,1-5H3. The van der Waals surface area contributed by atoms with E-state index >= 15 is 0 Å². The highest BCUT2D eigenvalue weighted by Gasteiger charge is 2.32. The van der Waals surface area contributed by atoms with Gasteiger partial charge < -0.3 is 14.2 Å². The molecule has 0 bridgehead atoms. The Morgan fingerprint density at radius 1 is 1.11 bits per heavy atom. The molecule has 19 heavy (non-hydrogen) atoms. The van der Waals surface area contributed by atoms with Gasteiger partial charge in [-0.2, -0.15) is 0 Å². The first kappa shape index (κ1) is 15.3. The zero-order valence-electron chi connectivity index (χ0n) is 12.2. The van der Waals surface area contributed by atoms with E-state index in [4.69, 9.17) is 14.2 Å². The lowest BCUT2D eigenvalue weighted by molar-refractivity contribution is -0.150. The molecule has 0 radical (unpaired) electrons. The summed E-state index contributed by atoms with van der Waals surface area (Å²) in [6, 6.07) is 7.27. The molecule has 0 amide bonds. The summed E-state index contributed by atoms with van der Waals surface area (Å²) in [5, 5.41) is 0. The summed E-state index contributed by atoms with van der Waals surface area (Å²) in [5.41, 5.74) is -0.209. The van der Waals surface area contributed by atoms with Gasteiger partial charge in [-0.3, -0.25) is 4.79 Å². The topological polar surface area (TPSA) is 44.8 Å². The van der Waals surface area contributed by atoms with Crippen molar-refractivity contribution in [1.29, 1.82) is 0 Å². The van der Waals surface area contributed by atoms with Gasteiger partial charge in [0.2, 0.25) is 0 Å². The molecule has 0 saturated heterocycles. The highest BCUT2D eigenvalue weighted by atomic mass is 16.5. The Hall–Kier alpha value is -1.71. The molecule has 0 aliphatic carbocycles. The van der Waals surface area contributed by atoms with Crippen molar-refractivity contribution in [3.63, 3.8) is 0 Å². The Morgan fingerprint density at radius 2 is 1.63 bits per heavy atom. The Labute approximate surface area is 114 Å². The molecule has 4 nitrogen and oxygen atoms in total. The fraction of sp³-hybridized carbons (Fsp3) is 0.533. The maximum Gasteiger partial charge on any atom is 0.312 e. The van der Waals surface area contributed by atoms with E-state index in [1.807, 2.05) is 45.0 Å². The maximum absolute atomic E-state index is 11.8. The molecule has 0 saturated carbocycles. The summed E-state index contributed by atoms with van der Waals surface area (Å²) in [6.45, 7) is 6.27. The summed E-state index contributed by atoms with van der Waals surface area (Å²) >= 11 is 0. The molecule has 106 valence electrons. The van der Waals surface area contributed by atoms with Crippen molar-refractivity contribution in [2.45, 2.75) is 20.8 Å². The van der Waals surface area contributed by atoms with Crippen LogP contribution in [0.25, 0.3) is 0 Å². The van der Waals surface area contributed by atoms with Gasteiger partial charge in [0.05, 0.1) is 20.1 Å². The molecule has 1 unspecified atom stereocenters. The lowest BCUT2D eigenvalue weighted by Gasteiger charge is -2.28. The minimum atomic E-state index is -0.306. The molecule has 0 aliphatic heterocycles. The van der Waals surface area contributed by atoms with Crippen LogP contribution < -0.4 is 9.47 Å². The van der Waals surface area contributed by atoms with E-state index in [1.165, 1.54) is 7.11 Å². The van der Waals surface area contributed by atoms with Gasteiger partial charge >= 0.3 is 5.97 Å². The van der Waals surface area contributed by atoms with Crippen molar-refractivity contribution in [3.05, 3.63) is 24.3 Å². The zero-order chi connectivity index (χ0) is 14.5. The van der Waals surface area contributed by atoms with Crippen molar-refractivity contribution in [1.82, 2.24) is 0 Å². The van der Waals surface area contributed by atoms with Crippen LogP contribution in [0.15, 0.2) is 24.3 Å². The molecule has 0 aliphatic rings. The molecule has 0 heterocycles. The number of ether oxygens (including phenoxy) is 3. The molecule has 1 aromatic carbocycles. The number of benzene rings is 1. The first-order valence-electron chi connectivity index (χ1n) is 6.23. The molecule has 0 N–H and O–H groups in total. The van der Waals surface area contributed by atoms with E-state index in [0.717, 1.165) is 5.75 Å². The van der Waals surface area contributed by atoms with E-state index in [2.05, 4.69) is 0 Å². The lowest BCUT2D eigenvalue weighted by atomic mass is 9.81. The molecule has 1 atom stereocenters. The minimum Gasteiger partial charge on any atom is -0.497 e. The molecule has 4 heteroatoms. The summed E-state index contributed by atoms with van der Waals surface area (Å²) < 4.78 is 15.6. The predicted molar refractivity (Wildman–Crippen MR) is 73.5 cm³/mol. The minimum absolute atomic E-state index is 0.209. The van der Waals surface area contributed by atoms with Crippen LogP contribution in [0.2, 0.25) is 0 Å². The number of carbonyl (C=O) groups excluding carboxylic acids is 1. The highest BCUT2D eigenvalue weighted by Crippen LogP contribution is 2.28. The van der Waals surface area contributed by atoms with Gasteiger partial charge in [0, 0.05) is 0 Å². The lowest BCUT2D eigenvalue weighted by Crippen LogP contribution is -2.34. The van der Waals surface area contributed by atoms with Gasteiger partial charge in [-0.25, -0.2) is 0 Å². The second kappa shape index (κ2) is 6.45. The normalized spacial score (nSPS) is 12.7. The summed E-state index contributed by atoms with van der Waals surface area (Å²) in [6.07, 6.45) is 0. The summed E-state index contributed by atoms with van der Waals surface area (Å²) in [7, 11) is 3.01. The van der Waals surface area contributed by atoms with Crippen molar-refractivity contribution in [2.24, 2.45) is 11.3 Å². The van der Waals surface area contributed by atoms with Gasteiger partial charge in [-0.15, -0.1) is 0 Å². The second-order valence-corrected chi connectivity index (χ2v) is 5.43. The number of rotatable bonds is 5. The largest absolute Gasteiger partial charge is 0.497 e. The van der Waals surface area contributed by atoms with Crippen LogP contribution in [-0.2, 0) is 9.53 Å². The fourth-order valence-corrected chi connectivity index (χ4v) is 1.67. The van der Waals surface area contributed by atoms with Gasteiger partial charge in [0.1, 0.15) is 18.1 Å². The van der Waals surface area contributed by atoms with Gasteiger partial charge in [-0.1, -0.05) is 20.8 Å². The Bertz CT molecular complexity index is 403. The van der Waals surface area contributed by atoms with Crippen molar-refractivity contribution in [2.75, 3.05) is 20.8 Å². The molecular weight excluding hydrogens is 244 g/mol. The molecule has 1 aromatic rings. The smallest absolute Gasteiger partial charge is 0.312 e. The monoisotopic (exact) mass is 266 g/mol. The average molecular weight is 266 g/mol.